The number of likely N-dealkylation sites (tertiary alicyclic amines) is 1. The molecule has 0 aromatic carbocycles. The van der Waals surface area contributed by atoms with Gasteiger partial charge in [0.05, 0.1) is 6.61 Å². The largest absolute Gasteiger partial charge is 0.395 e. The first kappa shape index (κ1) is 15.3. The van der Waals surface area contributed by atoms with E-state index in [1.165, 1.54) is 58.0 Å². The van der Waals surface area contributed by atoms with Gasteiger partial charge in [-0.05, 0) is 57.5 Å². The molecule has 3 heteroatoms. The van der Waals surface area contributed by atoms with Crippen molar-refractivity contribution in [2.75, 3.05) is 26.7 Å². The van der Waals surface area contributed by atoms with Crippen LogP contribution in [0.4, 0.5) is 0 Å². The molecule has 2 fully saturated rings. The minimum Gasteiger partial charge on any atom is -0.395 e. The van der Waals surface area contributed by atoms with E-state index in [1.807, 2.05) is 0 Å². The molecule has 0 spiro atoms. The number of hydrogen-bond donors (Lipinski definition) is 2. The van der Waals surface area contributed by atoms with Gasteiger partial charge in [-0.15, -0.1) is 0 Å². The summed E-state index contributed by atoms with van der Waals surface area (Å²) in [5.41, 5.74) is 0. The Labute approximate surface area is 118 Å². The predicted molar refractivity (Wildman–Crippen MR) is 80.3 cm³/mol. The summed E-state index contributed by atoms with van der Waals surface area (Å²) < 4.78 is 0. The zero-order valence-electron chi connectivity index (χ0n) is 12.8. The van der Waals surface area contributed by atoms with Crippen LogP contribution in [0.15, 0.2) is 0 Å². The molecule has 4 unspecified atom stereocenters. The maximum atomic E-state index is 9.55. The summed E-state index contributed by atoms with van der Waals surface area (Å²) in [7, 11) is 2.11. The summed E-state index contributed by atoms with van der Waals surface area (Å²) >= 11 is 0. The summed E-state index contributed by atoms with van der Waals surface area (Å²) in [4.78, 5) is 2.57. The number of aliphatic hydroxyl groups is 1. The molecule has 1 aliphatic heterocycles. The Bertz CT molecular complexity index is 259. The molecule has 19 heavy (non-hydrogen) atoms. The van der Waals surface area contributed by atoms with Crippen molar-refractivity contribution in [2.24, 2.45) is 11.8 Å². The van der Waals surface area contributed by atoms with Gasteiger partial charge in [0.25, 0.3) is 0 Å². The second-order valence-electron chi connectivity index (χ2n) is 6.57. The van der Waals surface area contributed by atoms with E-state index in [9.17, 15) is 5.11 Å². The SMILES string of the molecule is CCC1CCC(NC)C(CN2CCCCC2CO)C1. The second kappa shape index (κ2) is 7.61. The maximum absolute atomic E-state index is 9.55. The lowest BCUT2D eigenvalue weighted by molar-refractivity contribution is 0.0555. The minimum absolute atomic E-state index is 0.341. The molecule has 0 radical (unpaired) electrons. The van der Waals surface area contributed by atoms with Crippen molar-refractivity contribution in [1.82, 2.24) is 10.2 Å². The normalized spacial score (nSPS) is 37.4. The summed E-state index contributed by atoms with van der Waals surface area (Å²) in [6.07, 6.45) is 9.21. The van der Waals surface area contributed by atoms with Crippen LogP contribution in [0.2, 0.25) is 0 Å². The molecule has 0 aromatic heterocycles. The lowest BCUT2D eigenvalue weighted by atomic mass is 9.76. The Morgan fingerprint density at radius 2 is 2.05 bits per heavy atom. The number of nitrogens with one attached hydrogen (secondary N) is 1. The predicted octanol–water partition coefficient (Wildman–Crippen LogP) is 2.25. The van der Waals surface area contributed by atoms with E-state index >= 15 is 0 Å². The van der Waals surface area contributed by atoms with Crippen LogP contribution in [0, 0.1) is 11.8 Å². The van der Waals surface area contributed by atoms with Crippen LogP contribution in [0.1, 0.15) is 51.9 Å². The van der Waals surface area contributed by atoms with E-state index in [2.05, 4.69) is 24.2 Å². The molecular formula is C16H32N2O. The highest BCUT2D eigenvalue weighted by atomic mass is 16.3. The van der Waals surface area contributed by atoms with Crippen LogP contribution in [0.25, 0.3) is 0 Å². The van der Waals surface area contributed by atoms with Crippen molar-refractivity contribution in [3.8, 4) is 0 Å². The maximum Gasteiger partial charge on any atom is 0.0586 e. The minimum atomic E-state index is 0.341. The molecule has 2 aliphatic rings. The average Bonchev–Trinajstić information content (AvgIpc) is 2.47. The molecular weight excluding hydrogens is 236 g/mol. The zero-order chi connectivity index (χ0) is 13.7. The van der Waals surface area contributed by atoms with Gasteiger partial charge in [0.15, 0.2) is 0 Å². The molecule has 3 nitrogen and oxygen atoms in total. The van der Waals surface area contributed by atoms with Gasteiger partial charge in [0.1, 0.15) is 0 Å². The highest BCUT2D eigenvalue weighted by Crippen LogP contribution is 2.33. The molecule has 4 atom stereocenters. The van der Waals surface area contributed by atoms with Gasteiger partial charge in [-0.25, -0.2) is 0 Å². The van der Waals surface area contributed by atoms with Gasteiger partial charge in [0.2, 0.25) is 0 Å². The van der Waals surface area contributed by atoms with Crippen LogP contribution in [-0.4, -0.2) is 48.8 Å². The van der Waals surface area contributed by atoms with Crippen LogP contribution < -0.4 is 5.32 Å². The summed E-state index contributed by atoms with van der Waals surface area (Å²) in [6.45, 7) is 5.05. The van der Waals surface area contributed by atoms with Crippen molar-refractivity contribution in [3.63, 3.8) is 0 Å². The summed E-state index contributed by atoms with van der Waals surface area (Å²) in [5.74, 6) is 1.70. The van der Waals surface area contributed by atoms with Crippen molar-refractivity contribution in [2.45, 2.75) is 64.0 Å². The highest BCUT2D eigenvalue weighted by Gasteiger charge is 2.32. The van der Waals surface area contributed by atoms with Gasteiger partial charge >= 0.3 is 0 Å². The monoisotopic (exact) mass is 268 g/mol. The number of nitrogens with zero attached hydrogens (tertiary/aromatic N) is 1. The smallest absolute Gasteiger partial charge is 0.0586 e. The van der Waals surface area contributed by atoms with Gasteiger partial charge in [-0.1, -0.05) is 19.8 Å². The van der Waals surface area contributed by atoms with Gasteiger partial charge in [-0.2, -0.15) is 0 Å². The summed E-state index contributed by atoms with van der Waals surface area (Å²) in [5, 5.41) is 13.1. The van der Waals surface area contributed by atoms with Gasteiger partial charge in [0, 0.05) is 18.6 Å². The van der Waals surface area contributed by atoms with Crippen molar-refractivity contribution in [3.05, 3.63) is 0 Å². The van der Waals surface area contributed by atoms with Crippen LogP contribution in [-0.2, 0) is 0 Å². The molecule has 0 aromatic rings. The molecule has 1 heterocycles. The Balaban J connectivity index is 1.93. The molecule has 2 rings (SSSR count). The number of rotatable bonds is 5. The Morgan fingerprint density at radius 1 is 1.21 bits per heavy atom. The number of piperidine rings is 1. The Kier molecular flexibility index (Phi) is 6.11. The first-order valence-corrected chi connectivity index (χ1v) is 8.30. The molecule has 112 valence electrons. The van der Waals surface area contributed by atoms with E-state index < -0.39 is 0 Å². The third-order valence-corrected chi connectivity index (χ3v) is 5.47. The van der Waals surface area contributed by atoms with E-state index in [0.29, 0.717) is 18.7 Å². The van der Waals surface area contributed by atoms with Gasteiger partial charge < -0.3 is 10.4 Å². The first-order valence-electron chi connectivity index (χ1n) is 8.30. The van der Waals surface area contributed by atoms with Crippen molar-refractivity contribution < 1.29 is 5.11 Å². The lowest BCUT2D eigenvalue weighted by Crippen LogP contribution is -2.49. The van der Waals surface area contributed by atoms with E-state index in [0.717, 1.165) is 11.8 Å². The first-order chi connectivity index (χ1) is 9.28. The van der Waals surface area contributed by atoms with E-state index in [-0.39, 0.29) is 0 Å². The van der Waals surface area contributed by atoms with Gasteiger partial charge in [-0.3, -0.25) is 4.90 Å². The molecule has 1 saturated heterocycles. The fourth-order valence-corrected chi connectivity index (χ4v) is 4.12. The zero-order valence-corrected chi connectivity index (χ0v) is 12.8. The molecule has 0 bridgehead atoms. The molecule has 0 amide bonds. The second-order valence-corrected chi connectivity index (χ2v) is 6.57. The number of aliphatic hydroxyl groups excluding tert-OH is 1. The molecule has 2 N–H and O–H groups in total. The third kappa shape index (κ3) is 3.93. The Hall–Kier alpha value is -0.120. The topological polar surface area (TPSA) is 35.5 Å². The van der Waals surface area contributed by atoms with Crippen molar-refractivity contribution >= 4 is 0 Å². The van der Waals surface area contributed by atoms with Crippen LogP contribution in [0.3, 0.4) is 0 Å². The highest BCUT2D eigenvalue weighted by molar-refractivity contribution is 4.88. The van der Waals surface area contributed by atoms with Crippen LogP contribution >= 0.6 is 0 Å². The van der Waals surface area contributed by atoms with Crippen LogP contribution in [0.5, 0.6) is 0 Å². The summed E-state index contributed by atoms with van der Waals surface area (Å²) in [6, 6.07) is 1.11. The third-order valence-electron chi connectivity index (χ3n) is 5.47. The average molecular weight is 268 g/mol. The quantitative estimate of drug-likeness (QED) is 0.803. The molecule has 1 saturated carbocycles. The standard InChI is InChI=1S/C16H32N2O/c1-3-13-7-8-16(17-2)14(10-13)11-18-9-5-4-6-15(18)12-19/h13-17,19H,3-12H2,1-2H3. The van der Waals surface area contributed by atoms with E-state index in [1.54, 1.807) is 0 Å². The van der Waals surface area contributed by atoms with E-state index in [4.69, 9.17) is 0 Å². The fraction of sp³-hybridized carbons (Fsp3) is 1.00. The lowest BCUT2D eigenvalue weighted by Gasteiger charge is -2.42. The fourth-order valence-electron chi connectivity index (χ4n) is 4.12. The van der Waals surface area contributed by atoms with Crippen molar-refractivity contribution in [1.29, 1.82) is 0 Å². The Morgan fingerprint density at radius 3 is 2.74 bits per heavy atom. The number of hydrogen-bond acceptors (Lipinski definition) is 3. The molecule has 1 aliphatic carbocycles.